The molecular weight excluding hydrogens is 346 g/mol. The zero-order valence-electron chi connectivity index (χ0n) is 12.2. The zero-order chi connectivity index (χ0) is 15.7. The smallest absolute Gasteiger partial charge is 0.255 e. The summed E-state index contributed by atoms with van der Waals surface area (Å²) in [7, 11) is 0. The van der Waals surface area contributed by atoms with E-state index in [-0.39, 0.29) is 5.91 Å². The van der Waals surface area contributed by atoms with E-state index in [1.54, 1.807) is 12.1 Å². The number of carbonyl (C=O) groups excluding carboxylic acids is 1. The van der Waals surface area contributed by atoms with Crippen molar-refractivity contribution in [1.29, 1.82) is 0 Å². The fourth-order valence-corrected chi connectivity index (χ4v) is 2.54. The number of nitrogens with one attached hydrogen (secondary N) is 1. The molecule has 0 atom stereocenters. The summed E-state index contributed by atoms with van der Waals surface area (Å²) in [6.07, 6.45) is 0. The maximum absolute atomic E-state index is 12.1. The number of hydrogen-bond acceptors (Lipinski definition) is 4. The van der Waals surface area contributed by atoms with E-state index >= 15 is 0 Å². The van der Waals surface area contributed by atoms with Gasteiger partial charge in [-0.2, -0.15) is 0 Å². The minimum atomic E-state index is -0.151. The van der Waals surface area contributed by atoms with Crippen molar-refractivity contribution in [3.8, 4) is 0 Å². The summed E-state index contributed by atoms with van der Waals surface area (Å²) in [6.45, 7) is 4.17. The van der Waals surface area contributed by atoms with Crippen molar-refractivity contribution in [2.75, 3.05) is 0 Å². The Balaban J connectivity index is 1.79. The number of rotatable bonds is 3. The highest BCUT2D eigenvalue weighted by Gasteiger charge is 2.11. The summed E-state index contributed by atoms with van der Waals surface area (Å²) in [4.78, 5) is 16.5. The molecule has 0 aliphatic carbocycles. The Hall–Kier alpha value is -2.28. The summed E-state index contributed by atoms with van der Waals surface area (Å²) in [5.74, 6) is 1.05. The van der Waals surface area contributed by atoms with E-state index in [9.17, 15) is 4.79 Å². The third kappa shape index (κ3) is 2.85. The molecular formula is C15H14BrN5O. The first kappa shape index (κ1) is 14.6. The van der Waals surface area contributed by atoms with Crippen molar-refractivity contribution in [1.82, 2.24) is 24.9 Å². The van der Waals surface area contributed by atoms with Gasteiger partial charge in [-0.25, -0.2) is 4.98 Å². The molecule has 0 spiro atoms. The molecule has 0 saturated carbocycles. The molecule has 0 fully saturated rings. The quantitative estimate of drug-likeness (QED) is 0.779. The van der Waals surface area contributed by atoms with Gasteiger partial charge in [-0.05, 0) is 44.2 Å². The maximum Gasteiger partial charge on any atom is 0.255 e. The second kappa shape index (κ2) is 5.84. The second-order valence-electron chi connectivity index (χ2n) is 4.98. The van der Waals surface area contributed by atoms with Gasteiger partial charge in [0.15, 0.2) is 5.82 Å². The third-order valence-electron chi connectivity index (χ3n) is 3.27. The van der Waals surface area contributed by atoms with Crippen molar-refractivity contribution in [2.45, 2.75) is 20.4 Å². The molecule has 0 radical (unpaired) electrons. The van der Waals surface area contributed by atoms with E-state index in [2.05, 4.69) is 36.4 Å². The van der Waals surface area contributed by atoms with Gasteiger partial charge in [0.25, 0.3) is 11.7 Å². The normalized spacial score (nSPS) is 10.9. The second-order valence-corrected chi connectivity index (χ2v) is 5.90. The number of aryl methyl sites for hydroxylation is 2. The van der Waals surface area contributed by atoms with Gasteiger partial charge in [0, 0.05) is 21.4 Å². The Bertz CT molecular complexity index is 841. The van der Waals surface area contributed by atoms with Gasteiger partial charge in [-0.15, -0.1) is 10.2 Å². The lowest BCUT2D eigenvalue weighted by Gasteiger charge is -2.06. The Morgan fingerprint density at radius 3 is 2.68 bits per heavy atom. The minimum Gasteiger partial charge on any atom is -0.345 e. The van der Waals surface area contributed by atoms with E-state index in [0.29, 0.717) is 23.7 Å². The summed E-state index contributed by atoms with van der Waals surface area (Å²) in [6, 6.07) is 9.14. The van der Waals surface area contributed by atoms with Crippen LogP contribution in [-0.2, 0) is 6.54 Å². The van der Waals surface area contributed by atoms with Crippen LogP contribution < -0.4 is 5.32 Å². The molecule has 3 rings (SSSR count). The molecule has 6 nitrogen and oxygen atoms in total. The SMILES string of the molecule is Cc1cc(C)n2c(CNC(=O)c3ccc(Br)cc3)nnc2n1. The number of halogens is 1. The third-order valence-corrected chi connectivity index (χ3v) is 3.80. The predicted molar refractivity (Wildman–Crippen MR) is 85.6 cm³/mol. The van der Waals surface area contributed by atoms with Crippen LogP contribution in [0.25, 0.3) is 5.78 Å². The van der Waals surface area contributed by atoms with Gasteiger partial charge >= 0.3 is 0 Å². The Kier molecular flexibility index (Phi) is 3.89. The van der Waals surface area contributed by atoms with Crippen molar-refractivity contribution in [2.24, 2.45) is 0 Å². The largest absolute Gasteiger partial charge is 0.345 e. The standard InChI is InChI=1S/C15H14BrN5O/c1-9-7-10(2)21-13(19-20-15(21)18-9)8-17-14(22)11-3-5-12(16)6-4-11/h3-7H,8H2,1-2H3,(H,17,22). The Morgan fingerprint density at radius 1 is 1.23 bits per heavy atom. The predicted octanol–water partition coefficient (Wildman–Crippen LogP) is 2.43. The highest BCUT2D eigenvalue weighted by atomic mass is 79.9. The minimum absolute atomic E-state index is 0.151. The maximum atomic E-state index is 12.1. The molecule has 1 N–H and O–H groups in total. The molecule has 22 heavy (non-hydrogen) atoms. The summed E-state index contributed by atoms with van der Waals surface area (Å²) in [5, 5.41) is 11.0. The highest BCUT2D eigenvalue weighted by molar-refractivity contribution is 9.10. The number of carbonyl (C=O) groups is 1. The van der Waals surface area contributed by atoms with Gasteiger partial charge in [0.1, 0.15) is 0 Å². The monoisotopic (exact) mass is 359 g/mol. The highest BCUT2D eigenvalue weighted by Crippen LogP contribution is 2.11. The van der Waals surface area contributed by atoms with Gasteiger partial charge in [-0.3, -0.25) is 9.20 Å². The summed E-state index contributed by atoms with van der Waals surface area (Å²) < 4.78 is 2.78. The number of hydrogen-bond donors (Lipinski definition) is 1. The van der Waals surface area contributed by atoms with Crippen molar-refractivity contribution in [3.05, 3.63) is 57.6 Å². The average molecular weight is 360 g/mol. The molecule has 112 valence electrons. The lowest BCUT2D eigenvalue weighted by atomic mass is 10.2. The van der Waals surface area contributed by atoms with Crippen LogP contribution in [0.4, 0.5) is 0 Å². The van der Waals surface area contributed by atoms with Crippen LogP contribution in [-0.4, -0.2) is 25.5 Å². The van der Waals surface area contributed by atoms with E-state index < -0.39 is 0 Å². The molecule has 2 aromatic heterocycles. The number of benzene rings is 1. The van der Waals surface area contributed by atoms with Gasteiger partial charge in [0.05, 0.1) is 6.54 Å². The van der Waals surface area contributed by atoms with Crippen LogP contribution in [0.1, 0.15) is 27.6 Å². The average Bonchev–Trinajstić information content (AvgIpc) is 2.88. The van der Waals surface area contributed by atoms with Crippen LogP contribution in [0.3, 0.4) is 0 Å². The molecule has 2 heterocycles. The van der Waals surface area contributed by atoms with Crippen LogP contribution in [0, 0.1) is 13.8 Å². The van der Waals surface area contributed by atoms with E-state index in [0.717, 1.165) is 15.9 Å². The lowest BCUT2D eigenvalue weighted by Crippen LogP contribution is -2.24. The lowest BCUT2D eigenvalue weighted by molar-refractivity contribution is 0.0949. The molecule has 0 bridgehead atoms. The first-order valence-corrected chi connectivity index (χ1v) is 7.56. The molecule has 0 aliphatic rings. The summed E-state index contributed by atoms with van der Waals surface area (Å²) >= 11 is 3.35. The first-order chi connectivity index (χ1) is 10.5. The fraction of sp³-hybridized carbons (Fsp3) is 0.200. The number of aromatic nitrogens is 4. The van der Waals surface area contributed by atoms with Crippen LogP contribution >= 0.6 is 15.9 Å². The van der Waals surface area contributed by atoms with Crippen molar-refractivity contribution in [3.63, 3.8) is 0 Å². The molecule has 1 amide bonds. The zero-order valence-corrected chi connectivity index (χ0v) is 13.8. The molecule has 0 aliphatic heterocycles. The number of fused-ring (bicyclic) bond motifs is 1. The molecule has 3 aromatic rings. The fourth-order valence-electron chi connectivity index (χ4n) is 2.27. The van der Waals surface area contributed by atoms with Crippen molar-refractivity contribution >= 4 is 27.6 Å². The van der Waals surface area contributed by atoms with Gasteiger partial charge in [-0.1, -0.05) is 15.9 Å². The van der Waals surface area contributed by atoms with Crippen LogP contribution in [0.15, 0.2) is 34.8 Å². The Morgan fingerprint density at radius 2 is 1.95 bits per heavy atom. The molecule has 0 unspecified atom stereocenters. The first-order valence-electron chi connectivity index (χ1n) is 6.76. The topological polar surface area (TPSA) is 72.2 Å². The van der Waals surface area contributed by atoms with E-state index in [1.165, 1.54) is 0 Å². The van der Waals surface area contributed by atoms with Crippen LogP contribution in [0.2, 0.25) is 0 Å². The molecule has 7 heteroatoms. The summed E-state index contributed by atoms with van der Waals surface area (Å²) in [5.41, 5.74) is 2.48. The number of amides is 1. The van der Waals surface area contributed by atoms with Gasteiger partial charge < -0.3 is 5.32 Å². The number of nitrogens with zero attached hydrogens (tertiary/aromatic N) is 4. The molecule has 1 aromatic carbocycles. The van der Waals surface area contributed by atoms with Crippen molar-refractivity contribution < 1.29 is 4.79 Å². The van der Waals surface area contributed by atoms with E-state index in [4.69, 9.17) is 0 Å². The van der Waals surface area contributed by atoms with E-state index in [1.807, 2.05) is 36.4 Å². The molecule has 0 saturated heterocycles. The van der Waals surface area contributed by atoms with Gasteiger partial charge in [0.2, 0.25) is 0 Å². The van der Waals surface area contributed by atoms with Crippen LogP contribution in [0.5, 0.6) is 0 Å². The Labute approximate surface area is 135 Å².